The average Bonchev–Trinajstić information content (AvgIpc) is 3.12. The number of amides is 2. The third-order valence-corrected chi connectivity index (χ3v) is 5.66. The SMILES string of the molecule is O=C(/C=C/c1ccc(Br)cc1)N1CCN(C(=O)c2ccc3[nH]c(=S)[nH]c3c2)CC1. The summed E-state index contributed by atoms with van der Waals surface area (Å²) in [7, 11) is 0. The maximum Gasteiger partial charge on any atom is 0.254 e. The maximum atomic E-state index is 12.8. The summed E-state index contributed by atoms with van der Waals surface area (Å²) in [5.41, 5.74) is 3.26. The molecule has 2 N–H and O–H groups in total. The highest BCUT2D eigenvalue weighted by atomic mass is 79.9. The van der Waals surface area contributed by atoms with Crippen LogP contribution in [0.2, 0.25) is 0 Å². The molecule has 1 saturated heterocycles. The van der Waals surface area contributed by atoms with Gasteiger partial charge in [-0.1, -0.05) is 28.1 Å². The maximum absolute atomic E-state index is 12.8. The first-order valence-electron chi connectivity index (χ1n) is 9.23. The summed E-state index contributed by atoms with van der Waals surface area (Å²) in [5.74, 6) is -0.0775. The van der Waals surface area contributed by atoms with Crippen LogP contribution >= 0.6 is 28.1 Å². The molecule has 0 saturated carbocycles. The predicted molar refractivity (Wildman–Crippen MR) is 119 cm³/mol. The largest absolute Gasteiger partial charge is 0.336 e. The fourth-order valence-corrected chi connectivity index (χ4v) is 3.81. The molecule has 0 atom stereocenters. The van der Waals surface area contributed by atoms with E-state index in [0.717, 1.165) is 21.1 Å². The van der Waals surface area contributed by atoms with Gasteiger partial charge in [0.15, 0.2) is 4.77 Å². The first-order valence-corrected chi connectivity index (χ1v) is 10.4. The van der Waals surface area contributed by atoms with E-state index in [4.69, 9.17) is 12.2 Å². The molecule has 2 amide bonds. The Bertz CT molecular complexity index is 1140. The molecule has 3 aromatic rings. The van der Waals surface area contributed by atoms with Crippen LogP contribution in [0.3, 0.4) is 0 Å². The second kappa shape index (κ2) is 8.34. The molecule has 4 rings (SSSR count). The topological polar surface area (TPSA) is 72.2 Å². The molecule has 1 aromatic heterocycles. The number of hydrogen-bond donors (Lipinski definition) is 2. The van der Waals surface area contributed by atoms with E-state index in [0.29, 0.717) is 36.5 Å². The van der Waals surface area contributed by atoms with E-state index in [1.165, 1.54) is 0 Å². The highest BCUT2D eigenvalue weighted by molar-refractivity contribution is 9.10. The Morgan fingerprint density at radius 2 is 1.59 bits per heavy atom. The van der Waals surface area contributed by atoms with Crippen LogP contribution < -0.4 is 0 Å². The summed E-state index contributed by atoms with van der Waals surface area (Å²) in [6.07, 6.45) is 3.39. The van der Waals surface area contributed by atoms with Crippen LogP contribution in [0.1, 0.15) is 15.9 Å². The van der Waals surface area contributed by atoms with Gasteiger partial charge in [-0.2, -0.15) is 0 Å². The van der Waals surface area contributed by atoms with E-state index in [1.807, 2.05) is 42.5 Å². The van der Waals surface area contributed by atoms with Gasteiger partial charge in [-0.05, 0) is 54.2 Å². The summed E-state index contributed by atoms with van der Waals surface area (Å²) in [5, 5.41) is 0. The van der Waals surface area contributed by atoms with Crippen molar-refractivity contribution in [2.24, 2.45) is 0 Å². The highest BCUT2D eigenvalue weighted by Gasteiger charge is 2.24. The van der Waals surface area contributed by atoms with Gasteiger partial charge in [0.1, 0.15) is 0 Å². The van der Waals surface area contributed by atoms with Gasteiger partial charge in [0, 0.05) is 42.3 Å². The molecule has 2 aromatic carbocycles. The number of carbonyl (C=O) groups is 2. The lowest BCUT2D eigenvalue weighted by atomic mass is 10.1. The Labute approximate surface area is 181 Å². The van der Waals surface area contributed by atoms with Crippen LogP contribution in [-0.4, -0.2) is 57.8 Å². The standard InChI is InChI=1S/C21H19BrN4O2S/c22-16-5-1-14(2-6-16)3-8-19(27)25-9-11-26(12-10-25)20(28)15-4-7-17-18(13-15)24-21(29)23-17/h1-8,13H,9-12H2,(H2,23,24,29)/b8-3+. The molecule has 8 heteroatoms. The van der Waals surface area contributed by atoms with Gasteiger partial charge in [-0.25, -0.2) is 0 Å². The number of H-pyrrole nitrogens is 2. The minimum atomic E-state index is -0.0404. The average molecular weight is 471 g/mol. The number of nitrogens with one attached hydrogen (secondary N) is 2. The van der Waals surface area contributed by atoms with Crippen molar-refractivity contribution in [3.63, 3.8) is 0 Å². The molecular weight excluding hydrogens is 452 g/mol. The molecule has 0 spiro atoms. The summed E-state index contributed by atoms with van der Waals surface area (Å²) in [6.45, 7) is 2.06. The Balaban J connectivity index is 1.36. The van der Waals surface area contributed by atoms with Crippen molar-refractivity contribution < 1.29 is 9.59 Å². The summed E-state index contributed by atoms with van der Waals surface area (Å²) >= 11 is 8.49. The quantitative estimate of drug-likeness (QED) is 0.449. The minimum absolute atomic E-state index is 0.0371. The number of benzene rings is 2. The van der Waals surface area contributed by atoms with Crippen molar-refractivity contribution >= 4 is 57.1 Å². The first-order chi connectivity index (χ1) is 14.0. The first kappa shape index (κ1) is 19.6. The third-order valence-electron chi connectivity index (χ3n) is 4.93. The van der Waals surface area contributed by atoms with Crippen LogP contribution in [0.25, 0.3) is 17.1 Å². The molecule has 0 radical (unpaired) electrons. The Kier molecular flexibility index (Phi) is 5.64. The number of piperazine rings is 1. The smallest absolute Gasteiger partial charge is 0.254 e. The van der Waals surface area contributed by atoms with Crippen LogP contribution in [0.15, 0.2) is 53.0 Å². The second-order valence-electron chi connectivity index (χ2n) is 6.84. The van der Waals surface area contributed by atoms with Crippen molar-refractivity contribution in [1.29, 1.82) is 0 Å². The lowest BCUT2D eigenvalue weighted by molar-refractivity contribution is -0.127. The molecule has 148 valence electrons. The zero-order valence-corrected chi connectivity index (χ0v) is 17.9. The number of aromatic amines is 2. The molecule has 0 aliphatic carbocycles. The number of hydrogen-bond acceptors (Lipinski definition) is 3. The van der Waals surface area contributed by atoms with Gasteiger partial charge >= 0.3 is 0 Å². The fourth-order valence-electron chi connectivity index (χ4n) is 3.32. The van der Waals surface area contributed by atoms with Crippen molar-refractivity contribution in [3.8, 4) is 0 Å². The number of imidazole rings is 1. The van der Waals surface area contributed by atoms with Crippen molar-refractivity contribution in [2.45, 2.75) is 0 Å². The van der Waals surface area contributed by atoms with Gasteiger partial charge in [-0.3, -0.25) is 9.59 Å². The normalized spacial score (nSPS) is 14.7. The van der Waals surface area contributed by atoms with Crippen molar-refractivity contribution in [1.82, 2.24) is 19.8 Å². The second-order valence-corrected chi connectivity index (χ2v) is 8.17. The number of fused-ring (bicyclic) bond motifs is 1. The molecule has 6 nitrogen and oxygen atoms in total. The zero-order chi connectivity index (χ0) is 20.4. The predicted octanol–water partition coefficient (Wildman–Crippen LogP) is 3.99. The fraction of sp³-hybridized carbons (Fsp3) is 0.190. The van der Waals surface area contributed by atoms with Crippen LogP contribution in [0.4, 0.5) is 0 Å². The van der Waals surface area contributed by atoms with Gasteiger partial charge in [0.25, 0.3) is 5.91 Å². The van der Waals surface area contributed by atoms with E-state index >= 15 is 0 Å². The zero-order valence-electron chi connectivity index (χ0n) is 15.5. The summed E-state index contributed by atoms with van der Waals surface area (Å²) in [6, 6.07) is 13.2. The lowest BCUT2D eigenvalue weighted by Crippen LogP contribution is -2.50. The number of aromatic nitrogens is 2. The van der Waals surface area contributed by atoms with Gasteiger partial charge in [-0.15, -0.1) is 0 Å². The van der Waals surface area contributed by atoms with E-state index < -0.39 is 0 Å². The number of carbonyl (C=O) groups excluding carboxylic acids is 2. The molecule has 0 unspecified atom stereocenters. The number of nitrogens with zero attached hydrogens (tertiary/aromatic N) is 2. The molecule has 1 aliphatic heterocycles. The molecular formula is C21H19BrN4O2S. The number of rotatable bonds is 3. The van der Waals surface area contributed by atoms with E-state index in [2.05, 4.69) is 25.9 Å². The monoisotopic (exact) mass is 470 g/mol. The summed E-state index contributed by atoms with van der Waals surface area (Å²) in [4.78, 5) is 34.9. The van der Waals surface area contributed by atoms with E-state index in [-0.39, 0.29) is 11.8 Å². The molecule has 29 heavy (non-hydrogen) atoms. The van der Waals surface area contributed by atoms with Gasteiger partial charge in [0.05, 0.1) is 11.0 Å². The molecule has 0 bridgehead atoms. The Morgan fingerprint density at radius 1 is 0.931 bits per heavy atom. The highest BCUT2D eigenvalue weighted by Crippen LogP contribution is 2.16. The van der Waals surface area contributed by atoms with Crippen LogP contribution in [0.5, 0.6) is 0 Å². The van der Waals surface area contributed by atoms with Gasteiger partial charge in [0.2, 0.25) is 5.91 Å². The Hall–Kier alpha value is -2.71. The molecule has 1 aliphatic rings. The van der Waals surface area contributed by atoms with Crippen molar-refractivity contribution in [3.05, 3.63) is 68.9 Å². The van der Waals surface area contributed by atoms with Gasteiger partial charge < -0.3 is 19.8 Å². The van der Waals surface area contributed by atoms with E-state index in [9.17, 15) is 9.59 Å². The third kappa shape index (κ3) is 4.49. The van der Waals surface area contributed by atoms with Crippen LogP contribution in [-0.2, 0) is 4.79 Å². The van der Waals surface area contributed by atoms with Crippen LogP contribution in [0, 0.1) is 4.77 Å². The van der Waals surface area contributed by atoms with Crippen molar-refractivity contribution in [2.75, 3.05) is 26.2 Å². The van der Waals surface area contributed by atoms with E-state index in [1.54, 1.807) is 21.9 Å². The molecule has 1 fully saturated rings. The summed E-state index contributed by atoms with van der Waals surface area (Å²) < 4.78 is 1.54. The lowest BCUT2D eigenvalue weighted by Gasteiger charge is -2.34. The minimum Gasteiger partial charge on any atom is -0.336 e. The number of halogens is 1. The molecule has 2 heterocycles. The Morgan fingerprint density at radius 3 is 2.31 bits per heavy atom.